The highest BCUT2D eigenvalue weighted by Gasteiger charge is 2.53. The number of aliphatic hydroxyl groups excluding tert-OH is 1. The summed E-state index contributed by atoms with van der Waals surface area (Å²) in [5.74, 6) is -7.43. The molecular formula is C54H87NO13Si. The number of esters is 1. The van der Waals surface area contributed by atoms with Gasteiger partial charge in [0.1, 0.15) is 24.0 Å². The number of aliphatic hydroxyl groups is 2. The quantitative estimate of drug-likeness (QED) is 0.103. The molecule has 2 saturated heterocycles. The minimum absolute atomic E-state index is 0.0556. The number of rotatable bonds is 8. The van der Waals surface area contributed by atoms with E-state index in [0.717, 1.165) is 12.0 Å². The fraction of sp³-hybridized carbons (Fsp3) is 0.759. The van der Waals surface area contributed by atoms with E-state index in [4.69, 9.17) is 28.1 Å². The number of Topliss-reactive ketones (excluding diaryl/α,β-unsaturated/α-hetero) is 3. The van der Waals surface area contributed by atoms with Crippen molar-refractivity contribution in [1.29, 1.82) is 0 Å². The first kappa shape index (κ1) is 58.4. The summed E-state index contributed by atoms with van der Waals surface area (Å²) in [5, 5.41) is 22.5. The maximum atomic E-state index is 14.5. The Morgan fingerprint density at radius 2 is 1.55 bits per heavy atom. The molecule has 1 saturated carbocycles. The molecule has 4 rings (SSSR count). The van der Waals surface area contributed by atoms with Crippen molar-refractivity contribution < 1.29 is 62.3 Å². The summed E-state index contributed by atoms with van der Waals surface area (Å²) in [5.41, 5.74) is 1.58. The SMILES string of the molecule is CO[C@H]1C[C@@H]2CC[C@@H](C)[C@@](O)(O2)C(=O)C(=O)N2CCCC[C@H]2C(=O)O[C@H]([C@@H](C)C[C@@H]2CC[C@@H](O)[C@H](OC)C2)CC(=O)[C@H](C)/C=C(\C)[C@@H](O[Si](C)(C)C)[C@@H](OC)C(=O)[C@H](C)C[C@H](C)/C=C/C=C/C=C/1C. The van der Waals surface area contributed by atoms with Crippen molar-refractivity contribution in [2.24, 2.45) is 35.5 Å². The molecule has 4 aliphatic rings. The summed E-state index contributed by atoms with van der Waals surface area (Å²) in [7, 11) is 2.40. The van der Waals surface area contributed by atoms with Gasteiger partial charge >= 0.3 is 5.97 Å². The number of ether oxygens (including phenoxy) is 5. The van der Waals surface area contributed by atoms with Crippen LogP contribution < -0.4 is 0 Å². The van der Waals surface area contributed by atoms with E-state index in [-0.39, 0.29) is 60.7 Å². The third-order valence-corrected chi connectivity index (χ3v) is 15.9. The van der Waals surface area contributed by atoms with Gasteiger partial charge < -0.3 is 43.2 Å². The molecule has 0 unspecified atom stereocenters. The third kappa shape index (κ3) is 16.2. The van der Waals surface area contributed by atoms with Crippen LogP contribution >= 0.6 is 0 Å². The summed E-state index contributed by atoms with van der Waals surface area (Å²) in [4.78, 5) is 73.1. The van der Waals surface area contributed by atoms with Crippen LogP contribution in [0, 0.1) is 35.5 Å². The zero-order valence-electron chi connectivity index (χ0n) is 44.1. The second-order valence-electron chi connectivity index (χ2n) is 21.8. The normalized spacial score (nSPS) is 39.0. The maximum Gasteiger partial charge on any atom is 0.329 e. The first-order chi connectivity index (χ1) is 32.4. The molecule has 0 radical (unpaired) electrons. The van der Waals surface area contributed by atoms with Gasteiger partial charge in [-0.25, -0.2) is 4.79 Å². The molecular weight excluding hydrogens is 899 g/mol. The van der Waals surface area contributed by atoms with Crippen LogP contribution in [0.4, 0.5) is 0 Å². The van der Waals surface area contributed by atoms with Crippen molar-refractivity contribution in [2.45, 2.75) is 200 Å². The fourth-order valence-corrected chi connectivity index (χ4v) is 11.7. The van der Waals surface area contributed by atoms with Crippen LogP contribution in [0.3, 0.4) is 0 Å². The van der Waals surface area contributed by atoms with Gasteiger partial charge in [0.2, 0.25) is 5.79 Å². The van der Waals surface area contributed by atoms with Gasteiger partial charge in [-0.2, -0.15) is 0 Å². The van der Waals surface area contributed by atoms with E-state index < -0.39 is 86.3 Å². The van der Waals surface area contributed by atoms with Crippen molar-refractivity contribution >= 4 is 37.5 Å². The second kappa shape index (κ2) is 26.5. The molecule has 0 aromatic heterocycles. The lowest BCUT2D eigenvalue weighted by Gasteiger charge is -2.42. The molecule has 0 spiro atoms. The number of hydrogen-bond donors (Lipinski definition) is 2. The Bertz CT molecular complexity index is 1870. The zero-order valence-corrected chi connectivity index (χ0v) is 45.1. The zero-order chi connectivity index (χ0) is 51.4. The second-order valence-corrected chi connectivity index (χ2v) is 26.3. The number of amides is 1. The monoisotopic (exact) mass is 986 g/mol. The molecule has 1 amide bonds. The summed E-state index contributed by atoms with van der Waals surface area (Å²) in [6, 6.07) is -1.13. The summed E-state index contributed by atoms with van der Waals surface area (Å²) in [6.07, 6.45) is 12.7. The number of carbonyl (C=O) groups is 5. The Labute approximate surface area is 414 Å². The average molecular weight is 986 g/mol. The minimum Gasteiger partial charge on any atom is -0.460 e. The van der Waals surface area contributed by atoms with Crippen LogP contribution in [0.1, 0.15) is 126 Å². The molecule has 2 N–H and O–H groups in total. The lowest BCUT2D eigenvalue weighted by Crippen LogP contribution is -2.61. The molecule has 3 heterocycles. The lowest BCUT2D eigenvalue weighted by atomic mass is 9.78. The maximum absolute atomic E-state index is 14.5. The highest BCUT2D eigenvalue weighted by Crippen LogP contribution is 2.38. The molecule has 0 aromatic carbocycles. The fourth-order valence-electron chi connectivity index (χ4n) is 10.6. The molecule has 3 aliphatic heterocycles. The number of cyclic esters (lactones) is 1. The van der Waals surface area contributed by atoms with Crippen LogP contribution in [-0.4, -0.2) is 135 Å². The van der Waals surface area contributed by atoms with E-state index in [1.54, 1.807) is 28.1 Å². The van der Waals surface area contributed by atoms with Gasteiger partial charge in [0.25, 0.3) is 11.7 Å². The van der Waals surface area contributed by atoms with Gasteiger partial charge in [-0.3, -0.25) is 19.2 Å². The summed E-state index contributed by atoms with van der Waals surface area (Å²) in [6.45, 7) is 19.4. The van der Waals surface area contributed by atoms with Crippen molar-refractivity contribution in [3.05, 3.63) is 47.6 Å². The van der Waals surface area contributed by atoms with E-state index in [1.165, 1.54) is 12.0 Å². The smallest absolute Gasteiger partial charge is 0.329 e. The van der Waals surface area contributed by atoms with E-state index in [2.05, 4.69) is 6.92 Å². The van der Waals surface area contributed by atoms with Gasteiger partial charge in [0.15, 0.2) is 14.1 Å². The number of methoxy groups -OCH3 is 3. The van der Waals surface area contributed by atoms with Gasteiger partial charge in [0, 0.05) is 58.5 Å². The van der Waals surface area contributed by atoms with Crippen molar-refractivity contribution in [3.63, 3.8) is 0 Å². The van der Waals surface area contributed by atoms with Crippen LogP contribution in [0.25, 0.3) is 0 Å². The molecule has 390 valence electrons. The predicted octanol–water partition coefficient (Wildman–Crippen LogP) is 8.04. The number of fused-ring (bicyclic) bond motifs is 3. The number of ketones is 3. The van der Waals surface area contributed by atoms with Crippen LogP contribution in [-0.2, 0) is 52.1 Å². The van der Waals surface area contributed by atoms with Crippen LogP contribution in [0.5, 0.6) is 0 Å². The van der Waals surface area contributed by atoms with E-state index in [1.807, 2.05) is 83.8 Å². The molecule has 0 aromatic rings. The molecule has 15 atom stereocenters. The first-order valence-electron chi connectivity index (χ1n) is 25.6. The number of nitrogens with zero attached hydrogens (tertiary/aromatic N) is 1. The van der Waals surface area contributed by atoms with Gasteiger partial charge in [-0.1, -0.05) is 71.1 Å². The molecule has 1 aliphatic carbocycles. The number of piperidine rings is 1. The Hall–Kier alpha value is -3.15. The van der Waals surface area contributed by atoms with Gasteiger partial charge in [-0.05, 0) is 127 Å². The van der Waals surface area contributed by atoms with E-state index in [0.29, 0.717) is 63.4 Å². The molecule has 3 fully saturated rings. The molecule has 2 bridgehead atoms. The average Bonchev–Trinajstić information content (AvgIpc) is 3.30. The van der Waals surface area contributed by atoms with Gasteiger partial charge in [-0.15, -0.1) is 0 Å². The van der Waals surface area contributed by atoms with Crippen molar-refractivity contribution in [2.75, 3.05) is 27.9 Å². The standard InChI is InChI=1S/C54H87NO13Si/c1-33-19-15-14-16-20-34(2)45(63-8)31-41-24-22-39(7)54(62,67-41)51(59)52(60)55-26-18-17-21-42(55)53(61)66-46(36(4)29-40-23-25-43(56)47(30-40)64-9)32-44(57)35(3)28-38(6)49(68-69(11,12)13)50(65-10)48(58)37(5)27-33/h14-16,19-20,28,33,35-37,39-43,45-47,49-50,56,62H,17-18,21-27,29-32H2,1-13H3/b16-14+,19-15+,34-20+,38-28+/t33-,35-,36+,37-,39-,40+,41+,42+,43-,45+,46+,47-,49-,50+,54-/m1/s1. The van der Waals surface area contributed by atoms with E-state index in [9.17, 15) is 34.2 Å². The number of allylic oxidation sites excluding steroid dienone is 6. The Balaban J connectivity index is 1.76. The number of hydrogen-bond acceptors (Lipinski definition) is 13. The molecule has 15 heteroatoms. The number of carbonyl (C=O) groups excluding carboxylic acids is 5. The van der Waals surface area contributed by atoms with Crippen molar-refractivity contribution in [3.8, 4) is 0 Å². The summed E-state index contributed by atoms with van der Waals surface area (Å²) >= 11 is 0. The van der Waals surface area contributed by atoms with Crippen LogP contribution in [0.15, 0.2) is 47.6 Å². The third-order valence-electron chi connectivity index (χ3n) is 14.9. The summed E-state index contributed by atoms with van der Waals surface area (Å²) < 4.78 is 36.7. The Morgan fingerprint density at radius 1 is 0.841 bits per heavy atom. The van der Waals surface area contributed by atoms with E-state index >= 15 is 0 Å². The van der Waals surface area contributed by atoms with Crippen LogP contribution in [0.2, 0.25) is 19.6 Å². The van der Waals surface area contributed by atoms with Gasteiger partial charge in [0.05, 0.1) is 30.5 Å². The predicted molar refractivity (Wildman–Crippen MR) is 267 cm³/mol. The highest BCUT2D eigenvalue weighted by molar-refractivity contribution is 6.69. The largest absolute Gasteiger partial charge is 0.460 e. The van der Waals surface area contributed by atoms with Crippen molar-refractivity contribution in [1.82, 2.24) is 4.90 Å². The molecule has 69 heavy (non-hydrogen) atoms. The minimum atomic E-state index is -2.42. The Morgan fingerprint density at radius 3 is 2.20 bits per heavy atom. The Kier molecular flexibility index (Phi) is 22.4. The molecule has 14 nitrogen and oxygen atoms in total. The lowest BCUT2D eigenvalue weighted by molar-refractivity contribution is -0.265. The highest BCUT2D eigenvalue weighted by atomic mass is 28.4. The topological polar surface area (TPSA) is 184 Å². The first-order valence-corrected chi connectivity index (χ1v) is 29.0.